The fourth-order valence-corrected chi connectivity index (χ4v) is 5.13. The zero-order valence-electron chi connectivity index (χ0n) is 17.8. The van der Waals surface area contributed by atoms with E-state index in [1.54, 1.807) is 16.8 Å². The molecule has 6 nitrogen and oxygen atoms in total. The molecule has 1 aromatic heterocycles. The van der Waals surface area contributed by atoms with Gasteiger partial charge in [-0.2, -0.15) is 5.10 Å². The van der Waals surface area contributed by atoms with Crippen LogP contribution in [0.1, 0.15) is 45.2 Å². The summed E-state index contributed by atoms with van der Waals surface area (Å²) in [7, 11) is -0.730. The fraction of sp³-hybridized carbons (Fsp3) is 0.545. The van der Waals surface area contributed by atoms with E-state index in [4.69, 9.17) is 4.99 Å². The zero-order valence-corrected chi connectivity index (χ0v) is 18.6. The van der Waals surface area contributed by atoms with Gasteiger partial charge in [-0.05, 0) is 56.5 Å². The first-order chi connectivity index (χ1) is 14.6. The van der Waals surface area contributed by atoms with Crippen molar-refractivity contribution in [2.45, 2.75) is 57.2 Å². The Balaban J connectivity index is 1.55. The predicted octanol–water partition coefficient (Wildman–Crippen LogP) is 3.19. The van der Waals surface area contributed by atoms with Gasteiger partial charge in [-0.25, -0.2) is 9.07 Å². The van der Waals surface area contributed by atoms with Crippen LogP contribution in [-0.4, -0.2) is 50.1 Å². The minimum atomic E-state index is -0.730. The highest BCUT2D eigenvalue weighted by Crippen LogP contribution is 2.23. The maximum Gasteiger partial charge on any atom is 0.191 e. The number of nitrogens with one attached hydrogen (secondary N) is 2. The van der Waals surface area contributed by atoms with Crippen LogP contribution in [0.5, 0.6) is 0 Å². The molecule has 164 valence electrons. The molecule has 1 saturated carbocycles. The van der Waals surface area contributed by atoms with Crippen molar-refractivity contribution in [2.75, 3.05) is 18.8 Å². The molecule has 0 bridgehead atoms. The van der Waals surface area contributed by atoms with Crippen LogP contribution >= 0.6 is 0 Å². The monoisotopic (exact) mass is 433 g/mol. The lowest BCUT2D eigenvalue weighted by atomic mass is 9.95. The number of benzene rings is 1. The minimum absolute atomic E-state index is 0.255. The molecule has 1 aliphatic carbocycles. The van der Waals surface area contributed by atoms with Gasteiger partial charge in [-0.3, -0.25) is 9.20 Å². The van der Waals surface area contributed by atoms with E-state index in [1.807, 2.05) is 19.2 Å². The van der Waals surface area contributed by atoms with Crippen molar-refractivity contribution in [1.29, 1.82) is 0 Å². The number of guanidine groups is 1. The summed E-state index contributed by atoms with van der Waals surface area (Å²) in [5, 5.41) is 11.7. The number of hydrogen-bond acceptors (Lipinski definition) is 3. The SMILES string of the molecule is CCNC(=NCCc1ccn(-c2ccc(F)cc2)n1)NC1CCCC(S(=O)CC)C1. The number of rotatable bonds is 8. The average molecular weight is 434 g/mol. The number of aromatic nitrogens is 2. The van der Waals surface area contributed by atoms with Gasteiger partial charge in [0.15, 0.2) is 5.96 Å². The Labute approximate surface area is 180 Å². The fourth-order valence-electron chi connectivity index (χ4n) is 3.78. The molecule has 2 aromatic rings. The van der Waals surface area contributed by atoms with Crippen molar-refractivity contribution in [1.82, 2.24) is 20.4 Å². The van der Waals surface area contributed by atoms with Gasteiger partial charge < -0.3 is 10.6 Å². The molecule has 1 aliphatic rings. The Hall–Kier alpha value is -2.22. The smallest absolute Gasteiger partial charge is 0.191 e. The number of aliphatic imine (C=N–C) groups is 1. The molecule has 0 amide bonds. The van der Waals surface area contributed by atoms with Crippen molar-refractivity contribution in [3.05, 3.63) is 48.0 Å². The molecule has 0 radical (unpaired) electrons. The summed E-state index contributed by atoms with van der Waals surface area (Å²) >= 11 is 0. The van der Waals surface area contributed by atoms with Crippen LogP contribution in [0.25, 0.3) is 5.69 Å². The van der Waals surface area contributed by atoms with Gasteiger partial charge in [0.2, 0.25) is 0 Å². The zero-order chi connectivity index (χ0) is 21.3. The first-order valence-electron chi connectivity index (χ1n) is 10.8. The topological polar surface area (TPSA) is 71.3 Å². The van der Waals surface area contributed by atoms with Crippen LogP contribution in [-0.2, 0) is 17.2 Å². The molecule has 30 heavy (non-hydrogen) atoms. The molecule has 0 aliphatic heterocycles. The third-order valence-electron chi connectivity index (χ3n) is 5.34. The molecule has 3 rings (SSSR count). The van der Waals surface area contributed by atoms with Gasteiger partial charge in [0, 0.05) is 53.6 Å². The molecule has 1 aromatic carbocycles. The Morgan fingerprint density at radius 2 is 2.07 bits per heavy atom. The van der Waals surface area contributed by atoms with E-state index in [0.717, 1.165) is 61.7 Å². The molecular weight excluding hydrogens is 401 g/mol. The summed E-state index contributed by atoms with van der Waals surface area (Å²) in [6.45, 7) is 5.46. The first kappa shape index (κ1) is 22.5. The Kier molecular flexibility index (Phi) is 8.42. The summed E-state index contributed by atoms with van der Waals surface area (Å²) in [5.74, 6) is 1.29. The Bertz CT molecular complexity index is 851. The predicted molar refractivity (Wildman–Crippen MR) is 121 cm³/mol. The van der Waals surface area contributed by atoms with Crippen molar-refractivity contribution in [3.63, 3.8) is 0 Å². The highest BCUT2D eigenvalue weighted by atomic mass is 32.2. The van der Waals surface area contributed by atoms with E-state index in [-0.39, 0.29) is 5.82 Å². The van der Waals surface area contributed by atoms with Crippen molar-refractivity contribution < 1.29 is 8.60 Å². The second kappa shape index (κ2) is 11.2. The maximum atomic E-state index is 13.1. The van der Waals surface area contributed by atoms with E-state index in [2.05, 4.69) is 22.7 Å². The van der Waals surface area contributed by atoms with Crippen LogP contribution in [0.15, 0.2) is 41.5 Å². The van der Waals surface area contributed by atoms with E-state index < -0.39 is 10.8 Å². The first-order valence-corrected chi connectivity index (χ1v) is 12.2. The Morgan fingerprint density at radius 3 is 2.80 bits per heavy atom. The molecule has 3 atom stereocenters. The summed E-state index contributed by atoms with van der Waals surface area (Å²) in [5.41, 5.74) is 1.77. The summed E-state index contributed by atoms with van der Waals surface area (Å²) in [6.07, 6.45) is 6.79. The highest BCUT2D eigenvalue weighted by molar-refractivity contribution is 7.85. The van der Waals surface area contributed by atoms with Crippen molar-refractivity contribution in [3.8, 4) is 5.69 Å². The summed E-state index contributed by atoms with van der Waals surface area (Å²) in [4.78, 5) is 4.71. The quantitative estimate of drug-likeness (QED) is 0.495. The van der Waals surface area contributed by atoms with Crippen LogP contribution in [0.3, 0.4) is 0 Å². The number of nitrogens with zero attached hydrogens (tertiary/aromatic N) is 3. The molecule has 3 unspecified atom stereocenters. The maximum absolute atomic E-state index is 13.1. The lowest BCUT2D eigenvalue weighted by molar-refractivity contribution is 0.413. The molecule has 1 fully saturated rings. The van der Waals surface area contributed by atoms with Crippen LogP contribution in [0, 0.1) is 5.82 Å². The summed E-state index contributed by atoms with van der Waals surface area (Å²) in [6, 6.07) is 8.56. The molecule has 0 saturated heterocycles. The lowest BCUT2D eigenvalue weighted by Gasteiger charge is -2.30. The molecule has 0 spiro atoms. The van der Waals surface area contributed by atoms with Crippen molar-refractivity contribution >= 4 is 16.8 Å². The lowest BCUT2D eigenvalue weighted by Crippen LogP contribution is -2.46. The van der Waals surface area contributed by atoms with E-state index >= 15 is 0 Å². The van der Waals surface area contributed by atoms with E-state index in [9.17, 15) is 8.60 Å². The normalized spacial score (nSPS) is 20.7. The molecule has 8 heteroatoms. The van der Waals surface area contributed by atoms with Crippen molar-refractivity contribution in [2.24, 2.45) is 4.99 Å². The molecule has 2 N–H and O–H groups in total. The van der Waals surface area contributed by atoms with Gasteiger partial charge in [0.25, 0.3) is 0 Å². The number of halogens is 1. The van der Waals surface area contributed by atoms with Crippen LogP contribution < -0.4 is 10.6 Å². The van der Waals surface area contributed by atoms with Gasteiger partial charge in [0.05, 0.1) is 11.4 Å². The number of hydrogen-bond donors (Lipinski definition) is 2. The van der Waals surface area contributed by atoms with E-state index in [1.165, 1.54) is 12.1 Å². The van der Waals surface area contributed by atoms with Gasteiger partial charge >= 0.3 is 0 Å². The average Bonchev–Trinajstić information content (AvgIpc) is 3.23. The van der Waals surface area contributed by atoms with Crippen LogP contribution in [0.2, 0.25) is 0 Å². The summed E-state index contributed by atoms with van der Waals surface area (Å²) < 4.78 is 27.0. The Morgan fingerprint density at radius 1 is 1.27 bits per heavy atom. The highest BCUT2D eigenvalue weighted by Gasteiger charge is 2.26. The van der Waals surface area contributed by atoms with Gasteiger partial charge in [-0.15, -0.1) is 0 Å². The van der Waals surface area contributed by atoms with E-state index in [0.29, 0.717) is 17.8 Å². The standard InChI is InChI=1S/C22H32FN5OS/c1-3-24-22(26-19-6-5-7-21(16-19)30(29)4-2)25-14-12-18-13-15-28(27-18)20-10-8-17(23)9-11-20/h8-11,13,15,19,21H,3-7,12,14,16H2,1-2H3,(H2,24,25,26). The largest absolute Gasteiger partial charge is 0.357 e. The molecule has 1 heterocycles. The third kappa shape index (κ3) is 6.39. The molecular formula is C22H32FN5OS. The van der Waals surface area contributed by atoms with Gasteiger partial charge in [-0.1, -0.05) is 13.3 Å². The van der Waals surface area contributed by atoms with Gasteiger partial charge in [0.1, 0.15) is 5.82 Å². The van der Waals surface area contributed by atoms with Crippen LogP contribution in [0.4, 0.5) is 4.39 Å². The second-order valence-electron chi connectivity index (χ2n) is 7.54. The third-order valence-corrected chi connectivity index (χ3v) is 7.08. The second-order valence-corrected chi connectivity index (χ2v) is 9.54. The minimum Gasteiger partial charge on any atom is -0.357 e.